The number of nitrogens with one attached hydrogen (secondary N) is 1. The van der Waals surface area contributed by atoms with Crippen LogP contribution in [-0.2, 0) is 0 Å². The van der Waals surface area contributed by atoms with Gasteiger partial charge in [-0.2, -0.15) is 0 Å². The first-order chi connectivity index (χ1) is 9.76. The zero-order chi connectivity index (χ0) is 13.9. The Kier molecular flexibility index (Phi) is 4.27. The van der Waals surface area contributed by atoms with Crippen LogP contribution in [0.15, 0.2) is 40.9 Å². The van der Waals surface area contributed by atoms with Crippen LogP contribution < -0.4 is 10.2 Å². The largest absolute Gasteiger partial charge is 0.369 e. The first-order valence-corrected chi connectivity index (χ1v) is 8.23. The number of halogens is 1. The topological polar surface area (TPSA) is 15.3 Å². The molecule has 1 saturated heterocycles. The second kappa shape index (κ2) is 6.15. The first kappa shape index (κ1) is 13.9. The van der Waals surface area contributed by atoms with E-state index < -0.39 is 0 Å². The minimum atomic E-state index is 0.634. The Morgan fingerprint density at radius 3 is 2.85 bits per heavy atom. The van der Waals surface area contributed by atoms with Gasteiger partial charge in [-0.1, -0.05) is 41.4 Å². The SMILES string of the molecule is CCCC1CN(c2ccc3cc(Br)ccc3c2)CCN1. The predicted octanol–water partition coefficient (Wildman–Crippen LogP) is 4.18. The third-order valence-corrected chi connectivity index (χ3v) is 4.54. The highest BCUT2D eigenvalue weighted by atomic mass is 79.9. The van der Waals surface area contributed by atoms with E-state index in [1.807, 2.05) is 0 Å². The Bertz CT molecular complexity index is 595. The van der Waals surface area contributed by atoms with Gasteiger partial charge in [-0.25, -0.2) is 0 Å². The Morgan fingerprint density at radius 1 is 1.20 bits per heavy atom. The Morgan fingerprint density at radius 2 is 2.00 bits per heavy atom. The van der Waals surface area contributed by atoms with E-state index in [2.05, 4.69) is 69.5 Å². The van der Waals surface area contributed by atoms with Crippen LogP contribution in [0.2, 0.25) is 0 Å². The molecule has 1 atom stereocenters. The first-order valence-electron chi connectivity index (χ1n) is 7.44. The lowest BCUT2D eigenvalue weighted by Gasteiger charge is -2.35. The summed E-state index contributed by atoms with van der Waals surface area (Å²) in [6.45, 7) is 5.57. The zero-order valence-electron chi connectivity index (χ0n) is 11.9. The maximum atomic E-state index is 3.62. The molecule has 2 aromatic rings. The fourth-order valence-corrected chi connectivity index (χ4v) is 3.38. The second-order valence-corrected chi connectivity index (χ2v) is 6.48. The fraction of sp³-hybridized carbons (Fsp3) is 0.412. The van der Waals surface area contributed by atoms with Crippen molar-refractivity contribution in [3.05, 3.63) is 40.9 Å². The molecule has 106 valence electrons. The van der Waals surface area contributed by atoms with Crippen molar-refractivity contribution >= 4 is 32.4 Å². The Balaban J connectivity index is 1.84. The van der Waals surface area contributed by atoms with E-state index in [0.717, 1.165) is 24.1 Å². The highest BCUT2D eigenvalue weighted by Gasteiger charge is 2.18. The van der Waals surface area contributed by atoms with Crippen LogP contribution in [0.3, 0.4) is 0 Å². The van der Waals surface area contributed by atoms with Crippen LogP contribution in [0.1, 0.15) is 19.8 Å². The van der Waals surface area contributed by atoms with Crippen LogP contribution >= 0.6 is 15.9 Å². The van der Waals surface area contributed by atoms with Crippen molar-refractivity contribution in [2.75, 3.05) is 24.5 Å². The minimum Gasteiger partial charge on any atom is -0.369 e. The van der Waals surface area contributed by atoms with E-state index in [1.54, 1.807) is 0 Å². The van der Waals surface area contributed by atoms with Gasteiger partial charge in [-0.05, 0) is 41.5 Å². The van der Waals surface area contributed by atoms with Crippen LogP contribution in [0.5, 0.6) is 0 Å². The molecule has 1 aliphatic heterocycles. The quantitative estimate of drug-likeness (QED) is 0.906. The van der Waals surface area contributed by atoms with Gasteiger partial charge in [0.1, 0.15) is 0 Å². The molecule has 1 fully saturated rings. The average Bonchev–Trinajstić information content (AvgIpc) is 2.47. The summed E-state index contributed by atoms with van der Waals surface area (Å²) in [7, 11) is 0. The summed E-state index contributed by atoms with van der Waals surface area (Å²) in [5.41, 5.74) is 1.35. The molecule has 1 heterocycles. The third-order valence-electron chi connectivity index (χ3n) is 4.04. The molecule has 0 aliphatic carbocycles. The highest BCUT2D eigenvalue weighted by Crippen LogP contribution is 2.25. The van der Waals surface area contributed by atoms with Crippen molar-refractivity contribution in [2.24, 2.45) is 0 Å². The van der Waals surface area contributed by atoms with E-state index in [-0.39, 0.29) is 0 Å². The molecule has 2 nitrogen and oxygen atoms in total. The molecule has 0 bridgehead atoms. The van der Waals surface area contributed by atoms with Gasteiger partial charge in [0.25, 0.3) is 0 Å². The zero-order valence-corrected chi connectivity index (χ0v) is 13.5. The molecule has 1 N–H and O–H groups in total. The Labute approximate surface area is 129 Å². The third kappa shape index (κ3) is 2.99. The lowest BCUT2D eigenvalue weighted by Crippen LogP contribution is -2.50. The predicted molar refractivity (Wildman–Crippen MR) is 90.6 cm³/mol. The minimum absolute atomic E-state index is 0.634. The molecule has 0 radical (unpaired) electrons. The molecule has 3 heteroatoms. The number of hydrogen-bond donors (Lipinski definition) is 1. The molecule has 2 aromatic carbocycles. The molecule has 0 amide bonds. The van der Waals surface area contributed by atoms with E-state index >= 15 is 0 Å². The maximum absolute atomic E-state index is 3.62. The summed E-state index contributed by atoms with van der Waals surface area (Å²) in [5.74, 6) is 0. The standard InChI is InChI=1S/C17H21BrN2/c1-2-3-16-12-20(9-8-19-16)17-7-5-13-10-15(18)6-4-14(13)11-17/h4-7,10-11,16,19H,2-3,8-9,12H2,1H3. The lowest BCUT2D eigenvalue weighted by atomic mass is 10.1. The normalized spacial score (nSPS) is 19.5. The van der Waals surface area contributed by atoms with Crippen molar-refractivity contribution in [3.63, 3.8) is 0 Å². The summed E-state index contributed by atoms with van der Waals surface area (Å²) in [5, 5.41) is 6.23. The molecular formula is C17H21BrN2. The molecular weight excluding hydrogens is 312 g/mol. The second-order valence-electron chi connectivity index (χ2n) is 5.56. The van der Waals surface area contributed by atoms with Crippen LogP contribution in [-0.4, -0.2) is 25.7 Å². The van der Waals surface area contributed by atoms with Crippen LogP contribution in [0, 0.1) is 0 Å². The van der Waals surface area contributed by atoms with E-state index in [0.29, 0.717) is 6.04 Å². The fourth-order valence-electron chi connectivity index (χ4n) is 3.00. The summed E-state index contributed by atoms with van der Waals surface area (Å²) < 4.78 is 1.14. The number of benzene rings is 2. The number of nitrogens with zero attached hydrogens (tertiary/aromatic N) is 1. The molecule has 1 aliphatic rings. The van der Waals surface area contributed by atoms with Gasteiger partial charge >= 0.3 is 0 Å². The van der Waals surface area contributed by atoms with Gasteiger partial charge in [0.2, 0.25) is 0 Å². The number of fused-ring (bicyclic) bond motifs is 1. The monoisotopic (exact) mass is 332 g/mol. The molecule has 3 rings (SSSR count). The number of rotatable bonds is 3. The number of hydrogen-bond acceptors (Lipinski definition) is 2. The smallest absolute Gasteiger partial charge is 0.0373 e. The van der Waals surface area contributed by atoms with Gasteiger partial charge in [0.05, 0.1) is 0 Å². The van der Waals surface area contributed by atoms with Gasteiger partial charge in [0, 0.05) is 35.8 Å². The van der Waals surface area contributed by atoms with Crippen molar-refractivity contribution in [3.8, 4) is 0 Å². The summed E-state index contributed by atoms with van der Waals surface area (Å²) in [4.78, 5) is 2.51. The summed E-state index contributed by atoms with van der Waals surface area (Å²) in [6.07, 6.45) is 2.51. The maximum Gasteiger partial charge on any atom is 0.0373 e. The highest BCUT2D eigenvalue weighted by molar-refractivity contribution is 9.10. The van der Waals surface area contributed by atoms with Gasteiger partial charge < -0.3 is 10.2 Å². The Hall–Kier alpha value is -1.06. The van der Waals surface area contributed by atoms with E-state index in [9.17, 15) is 0 Å². The lowest BCUT2D eigenvalue weighted by molar-refractivity contribution is 0.431. The number of anilines is 1. The van der Waals surface area contributed by atoms with Crippen molar-refractivity contribution < 1.29 is 0 Å². The molecule has 20 heavy (non-hydrogen) atoms. The molecule has 0 spiro atoms. The average molecular weight is 333 g/mol. The van der Waals surface area contributed by atoms with Crippen molar-refractivity contribution in [1.82, 2.24) is 5.32 Å². The van der Waals surface area contributed by atoms with Gasteiger partial charge in [0.15, 0.2) is 0 Å². The molecule has 0 aromatic heterocycles. The molecule has 1 unspecified atom stereocenters. The van der Waals surface area contributed by atoms with Gasteiger partial charge in [-0.3, -0.25) is 0 Å². The summed E-state index contributed by atoms with van der Waals surface area (Å²) >= 11 is 3.53. The van der Waals surface area contributed by atoms with Crippen molar-refractivity contribution in [1.29, 1.82) is 0 Å². The van der Waals surface area contributed by atoms with E-state index in [4.69, 9.17) is 0 Å². The molecule has 0 saturated carbocycles. The van der Waals surface area contributed by atoms with E-state index in [1.165, 1.54) is 29.3 Å². The number of piperazine rings is 1. The van der Waals surface area contributed by atoms with Crippen LogP contribution in [0.4, 0.5) is 5.69 Å². The van der Waals surface area contributed by atoms with Crippen molar-refractivity contribution in [2.45, 2.75) is 25.8 Å². The summed E-state index contributed by atoms with van der Waals surface area (Å²) in [6, 6.07) is 13.9. The van der Waals surface area contributed by atoms with Crippen LogP contribution in [0.25, 0.3) is 10.8 Å². The van der Waals surface area contributed by atoms with Gasteiger partial charge in [-0.15, -0.1) is 0 Å².